The summed E-state index contributed by atoms with van der Waals surface area (Å²) in [4.78, 5) is 24.7. The van der Waals surface area contributed by atoms with Gasteiger partial charge in [-0.2, -0.15) is 0 Å². The van der Waals surface area contributed by atoms with Crippen LogP contribution in [0.1, 0.15) is 37.4 Å². The number of carbonyl (C=O) groups is 2. The first-order valence-corrected chi connectivity index (χ1v) is 9.44. The molecule has 148 valence electrons. The lowest BCUT2D eigenvalue weighted by molar-refractivity contribution is 0.0952. The second-order valence-electron chi connectivity index (χ2n) is 6.95. The van der Waals surface area contributed by atoms with E-state index in [4.69, 9.17) is 0 Å². The second-order valence-corrected chi connectivity index (χ2v) is 6.95. The van der Waals surface area contributed by atoms with Gasteiger partial charge in [-0.3, -0.25) is 9.59 Å². The SMILES string of the molecule is Cc1ccc(C)c(NC(=O)c2ccc(C(=O)NCCc3ccccc3F)cc2)c1. The van der Waals surface area contributed by atoms with Crippen molar-refractivity contribution in [3.63, 3.8) is 0 Å². The maximum atomic E-state index is 13.6. The van der Waals surface area contributed by atoms with Gasteiger partial charge < -0.3 is 10.6 Å². The van der Waals surface area contributed by atoms with Crippen molar-refractivity contribution in [1.29, 1.82) is 0 Å². The highest BCUT2D eigenvalue weighted by molar-refractivity contribution is 6.05. The minimum Gasteiger partial charge on any atom is -0.352 e. The van der Waals surface area contributed by atoms with Crippen molar-refractivity contribution in [2.75, 3.05) is 11.9 Å². The van der Waals surface area contributed by atoms with Crippen molar-refractivity contribution in [2.24, 2.45) is 0 Å². The zero-order chi connectivity index (χ0) is 20.8. The van der Waals surface area contributed by atoms with Gasteiger partial charge in [0.1, 0.15) is 5.82 Å². The Bertz CT molecular complexity index is 1030. The number of halogens is 1. The fourth-order valence-corrected chi connectivity index (χ4v) is 2.95. The van der Waals surface area contributed by atoms with Crippen LogP contribution in [0.15, 0.2) is 66.7 Å². The molecule has 0 aliphatic rings. The third-order valence-electron chi connectivity index (χ3n) is 4.69. The first-order chi connectivity index (χ1) is 13.9. The molecule has 0 spiro atoms. The molecule has 5 heteroatoms. The molecule has 2 amide bonds. The highest BCUT2D eigenvalue weighted by Gasteiger charge is 2.11. The van der Waals surface area contributed by atoms with Crippen molar-refractivity contribution in [3.8, 4) is 0 Å². The summed E-state index contributed by atoms with van der Waals surface area (Å²) >= 11 is 0. The van der Waals surface area contributed by atoms with E-state index in [1.165, 1.54) is 6.07 Å². The number of aryl methyl sites for hydroxylation is 2. The molecular formula is C24H23FN2O2. The second kappa shape index (κ2) is 9.15. The Balaban J connectivity index is 1.57. The number of carbonyl (C=O) groups excluding carboxylic acids is 2. The minimum absolute atomic E-state index is 0.231. The molecule has 0 atom stereocenters. The lowest BCUT2D eigenvalue weighted by Gasteiger charge is -2.10. The van der Waals surface area contributed by atoms with Crippen molar-refractivity contribution < 1.29 is 14.0 Å². The van der Waals surface area contributed by atoms with Crippen LogP contribution in [0.2, 0.25) is 0 Å². The maximum absolute atomic E-state index is 13.6. The zero-order valence-electron chi connectivity index (χ0n) is 16.5. The van der Waals surface area contributed by atoms with E-state index in [9.17, 15) is 14.0 Å². The van der Waals surface area contributed by atoms with Gasteiger partial charge in [0, 0.05) is 23.4 Å². The number of hydrogen-bond acceptors (Lipinski definition) is 2. The third-order valence-corrected chi connectivity index (χ3v) is 4.69. The van der Waals surface area contributed by atoms with Crippen LogP contribution in [0.5, 0.6) is 0 Å². The van der Waals surface area contributed by atoms with Gasteiger partial charge >= 0.3 is 0 Å². The number of nitrogens with one attached hydrogen (secondary N) is 2. The highest BCUT2D eigenvalue weighted by Crippen LogP contribution is 2.17. The van der Waals surface area contributed by atoms with Gasteiger partial charge in [-0.05, 0) is 73.4 Å². The summed E-state index contributed by atoms with van der Waals surface area (Å²) in [6.07, 6.45) is 0.411. The molecule has 0 fully saturated rings. The summed E-state index contributed by atoms with van der Waals surface area (Å²) in [5, 5.41) is 5.67. The fraction of sp³-hybridized carbons (Fsp3) is 0.167. The van der Waals surface area contributed by atoms with E-state index in [0.29, 0.717) is 29.7 Å². The van der Waals surface area contributed by atoms with Gasteiger partial charge in [0.15, 0.2) is 0 Å². The molecule has 4 nitrogen and oxygen atoms in total. The van der Waals surface area contributed by atoms with E-state index in [1.54, 1.807) is 42.5 Å². The molecule has 0 radical (unpaired) electrons. The van der Waals surface area contributed by atoms with Gasteiger partial charge in [0.2, 0.25) is 0 Å². The van der Waals surface area contributed by atoms with Crippen LogP contribution >= 0.6 is 0 Å². The van der Waals surface area contributed by atoms with Gasteiger partial charge in [-0.15, -0.1) is 0 Å². The molecular weight excluding hydrogens is 367 g/mol. The standard InChI is InChI=1S/C24H23FN2O2/c1-16-7-8-17(2)22(15-16)27-24(29)20-11-9-19(10-12-20)23(28)26-14-13-18-5-3-4-6-21(18)25/h3-12,15H,13-14H2,1-2H3,(H,26,28)(H,27,29). The maximum Gasteiger partial charge on any atom is 0.255 e. The molecule has 3 aromatic carbocycles. The van der Waals surface area contributed by atoms with E-state index >= 15 is 0 Å². The first-order valence-electron chi connectivity index (χ1n) is 9.44. The number of hydrogen-bond donors (Lipinski definition) is 2. The first kappa shape index (κ1) is 20.3. The van der Waals surface area contributed by atoms with Crippen molar-refractivity contribution in [3.05, 3.63) is 100 Å². The van der Waals surface area contributed by atoms with Crippen LogP contribution in [-0.2, 0) is 6.42 Å². The molecule has 29 heavy (non-hydrogen) atoms. The summed E-state index contributed by atoms with van der Waals surface area (Å²) in [5.41, 5.74) is 4.29. The van der Waals surface area contributed by atoms with Crippen molar-refractivity contribution >= 4 is 17.5 Å². The van der Waals surface area contributed by atoms with Crippen LogP contribution in [0, 0.1) is 19.7 Å². The average Bonchev–Trinajstić information content (AvgIpc) is 2.72. The van der Waals surface area contributed by atoms with Crippen LogP contribution in [0.4, 0.5) is 10.1 Å². The molecule has 0 saturated heterocycles. The molecule has 2 N–H and O–H groups in total. The minimum atomic E-state index is -0.277. The lowest BCUT2D eigenvalue weighted by atomic mass is 10.1. The number of amides is 2. The summed E-state index contributed by atoms with van der Waals surface area (Å²) < 4.78 is 13.6. The van der Waals surface area contributed by atoms with E-state index in [2.05, 4.69) is 10.6 Å². The predicted molar refractivity (Wildman–Crippen MR) is 113 cm³/mol. The molecule has 0 saturated carbocycles. The quantitative estimate of drug-likeness (QED) is 0.643. The molecule has 0 heterocycles. The molecule has 3 rings (SSSR count). The normalized spacial score (nSPS) is 10.4. The van der Waals surface area contributed by atoms with Gasteiger partial charge in [0.05, 0.1) is 0 Å². The molecule has 3 aromatic rings. The topological polar surface area (TPSA) is 58.2 Å². The smallest absolute Gasteiger partial charge is 0.255 e. The summed E-state index contributed by atoms with van der Waals surface area (Å²) in [5.74, 6) is -0.769. The van der Waals surface area contributed by atoms with Gasteiger partial charge in [-0.25, -0.2) is 4.39 Å². The average molecular weight is 390 g/mol. The Morgan fingerprint density at radius 1 is 0.862 bits per heavy atom. The Morgan fingerprint density at radius 2 is 1.52 bits per heavy atom. The summed E-state index contributed by atoms with van der Waals surface area (Å²) in [6, 6.07) is 18.8. The predicted octanol–water partition coefficient (Wildman–Crippen LogP) is 4.67. The number of rotatable bonds is 6. The summed E-state index contributed by atoms with van der Waals surface area (Å²) in [7, 11) is 0. The van der Waals surface area contributed by atoms with Crippen molar-refractivity contribution in [1.82, 2.24) is 5.32 Å². The Labute approximate surface area is 169 Å². The Hall–Kier alpha value is -3.47. The number of benzene rings is 3. The Morgan fingerprint density at radius 3 is 2.21 bits per heavy atom. The lowest BCUT2D eigenvalue weighted by Crippen LogP contribution is -2.26. The monoisotopic (exact) mass is 390 g/mol. The molecule has 0 unspecified atom stereocenters. The van der Waals surface area contributed by atoms with Crippen molar-refractivity contribution in [2.45, 2.75) is 20.3 Å². The summed E-state index contributed by atoms with van der Waals surface area (Å²) in [6.45, 7) is 4.23. The Kier molecular flexibility index (Phi) is 6.39. The number of anilines is 1. The molecule has 0 aromatic heterocycles. The van der Waals surface area contributed by atoms with Gasteiger partial charge in [0.25, 0.3) is 11.8 Å². The fourth-order valence-electron chi connectivity index (χ4n) is 2.95. The zero-order valence-corrected chi connectivity index (χ0v) is 16.5. The van der Waals surface area contributed by atoms with Crippen LogP contribution in [0.25, 0.3) is 0 Å². The van der Waals surface area contributed by atoms with E-state index in [-0.39, 0.29) is 17.6 Å². The van der Waals surface area contributed by atoms with E-state index in [1.807, 2.05) is 32.0 Å². The molecule has 0 aliphatic carbocycles. The van der Waals surface area contributed by atoms with E-state index in [0.717, 1.165) is 16.8 Å². The van der Waals surface area contributed by atoms with Crippen LogP contribution in [0.3, 0.4) is 0 Å². The van der Waals surface area contributed by atoms with E-state index < -0.39 is 0 Å². The third kappa shape index (κ3) is 5.29. The van der Waals surface area contributed by atoms with Crippen LogP contribution in [-0.4, -0.2) is 18.4 Å². The molecule has 0 aliphatic heterocycles. The largest absolute Gasteiger partial charge is 0.352 e. The molecule has 0 bridgehead atoms. The van der Waals surface area contributed by atoms with Gasteiger partial charge in [-0.1, -0.05) is 30.3 Å². The highest BCUT2D eigenvalue weighted by atomic mass is 19.1. The van der Waals surface area contributed by atoms with Crippen LogP contribution < -0.4 is 10.6 Å².